The number of nitrogens with two attached hydrogens (primary N) is 1. The van der Waals surface area contributed by atoms with E-state index in [4.69, 9.17) is 10.8 Å². The molecule has 0 radical (unpaired) electrons. The highest BCUT2D eigenvalue weighted by Crippen LogP contribution is 2.43. The van der Waals surface area contributed by atoms with Crippen LogP contribution in [0.15, 0.2) is 18.2 Å². The summed E-state index contributed by atoms with van der Waals surface area (Å²) in [7, 11) is 0. The number of carbonyl (C=O) groups is 2. The number of amides is 1. The van der Waals surface area contributed by atoms with Crippen LogP contribution in [0.1, 0.15) is 36.0 Å². The molecule has 20 heavy (non-hydrogen) atoms. The molecule has 2 rings (SSSR count). The first-order valence-electron chi connectivity index (χ1n) is 6.48. The third-order valence-electron chi connectivity index (χ3n) is 3.87. The maximum atomic E-state index is 12.1. The van der Waals surface area contributed by atoms with E-state index in [1.165, 1.54) is 0 Å². The summed E-state index contributed by atoms with van der Waals surface area (Å²) < 4.78 is 0.815. The first kappa shape index (κ1) is 15.2. The Labute approximate surface area is 131 Å². The number of anilines is 1. The molecule has 108 valence electrons. The summed E-state index contributed by atoms with van der Waals surface area (Å²) in [6.07, 6.45) is 3.40. The first-order chi connectivity index (χ1) is 9.46. The van der Waals surface area contributed by atoms with Gasteiger partial charge in [-0.25, -0.2) is 4.79 Å². The van der Waals surface area contributed by atoms with Gasteiger partial charge in [-0.3, -0.25) is 4.79 Å². The molecule has 1 aliphatic rings. The molecular formula is C14H17IN2O3. The van der Waals surface area contributed by atoms with E-state index in [2.05, 4.69) is 5.32 Å². The van der Waals surface area contributed by atoms with Crippen molar-refractivity contribution in [3.05, 3.63) is 27.3 Å². The second kappa shape index (κ2) is 6.09. The fraction of sp³-hybridized carbons (Fsp3) is 0.429. The molecule has 0 saturated heterocycles. The van der Waals surface area contributed by atoms with Crippen LogP contribution in [0.2, 0.25) is 0 Å². The monoisotopic (exact) mass is 388 g/mol. The largest absolute Gasteiger partial charge is 0.478 e. The second-order valence-corrected chi connectivity index (χ2v) is 6.52. The Morgan fingerprint density at radius 1 is 1.40 bits per heavy atom. The summed E-state index contributed by atoms with van der Waals surface area (Å²) in [4.78, 5) is 23.3. The minimum Gasteiger partial charge on any atom is -0.478 e. The van der Waals surface area contributed by atoms with E-state index < -0.39 is 5.97 Å². The lowest BCUT2D eigenvalue weighted by Crippen LogP contribution is -2.40. The smallest absolute Gasteiger partial charge is 0.337 e. The van der Waals surface area contributed by atoms with Crippen LogP contribution < -0.4 is 11.1 Å². The van der Waals surface area contributed by atoms with Crippen LogP contribution in [0.25, 0.3) is 0 Å². The first-order valence-corrected chi connectivity index (χ1v) is 7.56. The number of carboxylic acids is 1. The quantitative estimate of drug-likeness (QED) is 0.676. The van der Waals surface area contributed by atoms with Crippen molar-refractivity contribution < 1.29 is 14.7 Å². The molecule has 1 fully saturated rings. The third-order valence-corrected chi connectivity index (χ3v) is 4.54. The van der Waals surface area contributed by atoms with Crippen LogP contribution in [0.5, 0.6) is 0 Å². The van der Waals surface area contributed by atoms with E-state index in [1.807, 2.05) is 22.6 Å². The zero-order chi connectivity index (χ0) is 14.8. The van der Waals surface area contributed by atoms with Crippen molar-refractivity contribution in [1.82, 2.24) is 0 Å². The van der Waals surface area contributed by atoms with E-state index >= 15 is 0 Å². The minimum atomic E-state index is -1.05. The number of nitrogens with one attached hydrogen (secondary N) is 1. The van der Waals surface area contributed by atoms with Crippen LogP contribution >= 0.6 is 22.6 Å². The highest BCUT2D eigenvalue weighted by Gasteiger charge is 2.37. The van der Waals surface area contributed by atoms with Crippen molar-refractivity contribution in [2.24, 2.45) is 11.1 Å². The lowest BCUT2D eigenvalue weighted by Gasteiger charge is -2.40. The summed E-state index contributed by atoms with van der Waals surface area (Å²) in [5, 5.41) is 11.9. The van der Waals surface area contributed by atoms with Gasteiger partial charge in [0.15, 0.2) is 0 Å². The van der Waals surface area contributed by atoms with Gasteiger partial charge in [0.05, 0.1) is 11.3 Å². The highest BCUT2D eigenvalue weighted by molar-refractivity contribution is 14.1. The molecule has 5 nitrogen and oxygen atoms in total. The van der Waals surface area contributed by atoms with Gasteiger partial charge in [0, 0.05) is 9.99 Å². The molecule has 1 amide bonds. The van der Waals surface area contributed by atoms with Crippen LogP contribution in [0, 0.1) is 8.99 Å². The molecule has 0 aromatic heterocycles. The predicted octanol–water partition coefficient (Wildman–Crippen LogP) is 2.45. The van der Waals surface area contributed by atoms with Crippen LogP contribution in [0.3, 0.4) is 0 Å². The number of benzene rings is 1. The van der Waals surface area contributed by atoms with E-state index in [-0.39, 0.29) is 16.9 Å². The fourth-order valence-electron chi connectivity index (χ4n) is 2.47. The molecule has 0 heterocycles. The molecule has 6 heteroatoms. The number of hydrogen-bond donors (Lipinski definition) is 3. The van der Waals surface area contributed by atoms with Crippen LogP contribution in [0.4, 0.5) is 5.69 Å². The van der Waals surface area contributed by atoms with Gasteiger partial charge in [0.1, 0.15) is 0 Å². The number of aromatic carboxylic acids is 1. The van der Waals surface area contributed by atoms with Gasteiger partial charge in [-0.2, -0.15) is 0 Å². The Kier molecular flexibility index (Phi) is 4.64. The Bertz CT molecular complexity index is 536. The van der Waals surface area contributed by atoms with Crippen molar-refractivity contribution in [2.75, 3.05) is 11.9 Å². The lowest BCUT2D eigenvalue weighted by molar-refractivity contribution is -0.119. The Hall–Kier alpha value is -1.15. The average Bonchev–Trinajstić information content (AvgIpc) is 2.36. The molecule has 0 spiro atoms. The summed E-state index contributed by atoms with van der Waals surface area (Å²) in [5.74, 6) is -1.21. The van der Waals surface area contributed by atoms with Crippen molar-refractivity contribution in [1.29, 1.82) is 0 Å². The average molecular weight is 388 g/mol. The van der Waals surface area contributed by atoms with Crippen molar-refractivity contribution >= 4 is 40.2 Å². The number of rotatable bonds is 5. The number of carbonyl (C=O) groups excluding carboxylic acids is 1. The molecule has 1 saturated carbocycles. The van der Waals surface area contributed by atoms with Crippen molar-refractivity contribution in [3.8, 4) is 0 Å². The van der Waals surface area contributed by atoms with E-state index in [1.54, 1.807) is 18.2 Å². The van der Waals surface area contributed by atoms with Gasteiger partial charge in [-0.15, -0.1) is 0 Å². The molecular weight excluding hydrogens is 371 g/mol. The zero-order valence-electron chi connectivity index (χ0n) is 11.0. The van der Waals surface area contributed by atoms with Gasteiger partial charge >= 0.3 is 5.97 Å². The van der Waals surface area contributed by atoms with E-state index in [0.29, 0.717) is 18.7 Å². The number of halogens is 1. The van der Waals surface area contributed by atoms with Gasteiger partial charge in [0.25, 0.3) is 0 Å². The maximum absolute atomic E-state index is 12.1. The van der Waals surface area contributed by atoms with Gasteiger partial charge in [0.2, 0.25) is 5.91 Å². The molecule has 4 N–H and O–H groups in total. The Balaban J connectivity index is 2.10. The molecule has 1 aromatic rings. The summed E-state index contributed by atoms with van der Waals surface area (Å²) in [6.45, 7) is 0.499. The summed E-state index contributed by atoms with van der Waals surface area (Å²) in [6, 6.07) is 4.93. The standard InChI is InChI=1S/C14H17IN2O3/c15-9-2-3-11(10(6-9)13(19)20)17-12(18)7-14(8-16)4-1-5-14/h2-3,6H,1,4-5,7-8,16H2,(H,17,18)(H,19,20). The SMILES string of the molecule is NCC1(CC(=O)Nc2ccc(I)cc2C(=O)O)CCC1. The van der Waals surface area contributed by atoms with Gasteiger partial charge < -0.3 is 16.2 Å². The third kappa shape index (κ3) is 3.29. The number of hydrogen-bond acceptors (Lipinski definition) is 3. The summed E-state index contributed by atoms with van der Waals surface area (Å²) >= 11 is 2.04. The van der Waals surface area contributed by atoms with Crippen molar-refractivity contribution in [2.45, 2.75) is 25.7 Å². The molecule has 1 aliphatic carbocycles. The fourth-order valence-corrected chi connectivity index (χ4v) is 2.96. The topological polar surface area (TPSA) is 92.4 Å². The molecule has 1 aromatic carbocycles. The van der Waals surface area contributed by atoms with Crippen molar-refractivity contribution in [3.63, 3.8) is 0 Å². The second-order valence-electron chi connectivity index (χ2n) is 5.28. The molecule has 0 bridgehead atoms. The molecule has 0 aliphatic heterocycles. The van der Waals surface area contributed by atoms with E-state index in [9.17, 15) is 9.59 Å². The van der Waals surface area contributed by atoms with E-state index in [0.717, 1.165) is 22.8 Å². The van der Waals surface area contributed by atoms with Gasteiger partial charge in [-0.05, 0) is 65.6 Å². The Morgan fingerprint density at radius 3 is 2.60 bits per heavy atom. The molecule has 0 atom stereocenters. The minimum absolute atomic E-state index is 0.0866. The highest BCUT2D eigenvalue weighted by atomic mass is 127. The molecule has 0 unspecified atom stereocenters. The lowest BCUT2D eigenvalue weighted by atomic mass is 9.66. The predicted molar refractivity (Wildman–Crippen MR) is 84.7 cm³/mol. The number of carboxylic acid groups (broad SMARTS) is 1. The normalized spacial score (nSPS) is 16.3. The maximum Gasteiger partial charge on any atom is 0.337 e. The zero-order valence-corrected chi connectivity index (χ0v) is 13.1. The summed E-state index contributed by atoms with van der Waals surface area (Å²) in [5.41, 5.74) is 6.10. The van der Waals surface area contributed by atoms with Gasteiger partial charge in [-0.1, -0.05) is 6.42 Å². The Morgan fingerprint density at radius 2 is 2.10 bits per heavy atom. The van der Waals surface area contributed by atoms with Crippen LogP contribution in [-0.2, 0) is 4.79 Å². The van der Waals surface area contributed by atoms with Crippen LogP contribution in [-0.4, -0.2) is 23.5 Å².